The van der Waals surface area contributed by atoms with Gasteiger partial charge in [0.1, 0.15) is 11.7 Å². The van der Waals surface area contributed by atoms with E-state index in [4.69, 9.17) is 16.7 Å². The van der Waals surface area contributed by atoms with Gasteiger partial charge in [-0.2, -0.15) is 0 Å². The topological polar surface area (TPSA) is 50.2 Å². The molecule has 0 fully saturated rings. The fourth-order valence-corrected chi connectivity index (χ4v) is 3.80. The number of thiazole rings is 1. The minimum Gasteiger partial charge on any atom is -0.481 e. The predicted octanol–water partition coefficient (Wildman–Crippen LogP) is 3.64. The first-order valence-electron chi connectivity index (χ1n) is 6.20. The maximum atomic E-state index is 13.8. The van der Waals surface area contributed by atoms with E-state index in [2.05, 4.69) is 4.98 Å². The minimum atomic E-state index is -0.838. The molecule has 0 amide bonds. The Morgan fingerprint density at radius 1 is 1.55 bits per heavy atom. The van der Waals surface area contributed by atoms with Crippen LogP contribution in [0.3, 0.4) is 0 Å². The molecule has 1 aromatic carbocycles. The highest BCUT2D eigenvalue weighted by Crippen LogP contribution is 2.37. The second-order valence-corrected chi connectivity index (χ2v) is 6.31. The van der Waals surface area contributed by atoms with Crippen LogP contribution in [-0.4, -0.2) is 16.1 Å². The molecule has 1 aromatic heterocycles. The fraction of sp³-hybridized carbons (Fsp3) is 0.286. The summed E-state index contributed by atoms with van der Waals surface area (Å²) >= 11 is 7.22. The van der Waals surface area contributed by atoms with Crippen molar-refractivity contribution in [1.82, 2.24) is 4.98 Å². The summed E-state index contributed by atoms with van der Waals surface area (Å²) in [6, 6.07) is 4.87. The van der Waals surface area contributed by atoms with E-state index < -0.39 is 17.7 Å². The van der Waals surface area contributed by atoms with Crippen LogP contribution in [0.2, 0.25) is 5.02 Å². The Morgan fingerprint density at radius 3 is 3.10 bits per heavy atom. The lowest BCUT2D eigenvalue weighted by Gasteiger charge is -2.03. The molecule has 1 aliphatic carbocycles. The molecule has 2 aromatic rings. The van der Waals surface area contributed by atoms with Crippen molar-refractivity contribution in [1.29, 1.82) is 0 Å². The van der Waals surface area contributed by atoms with E-state index in [1.807, 2.05) is 0 Å². The van der Waals surface area contributed by atoms with E-state index in [0.717, 1.165) is 16.3 Å². The molecule has 1 atom stereocenters. The summed E-state index contributed by atoms with van der Waals surface area (Å²) in [6.45, 7) is 0. The zero-order valence-electron chi connectivity index (χ0n) is 10.4. The number of halogens is 2. The molecule has 1 N–H and O–H groups in total. The number of rotatable bonds is 3. The Balaban J connectivity index is 1.88. The molecule has 6 heteroatoms. The maximum Gasteiger partial charge on any atom is 0.312 e. The van der Waals surface area contributed by atoms with Crippen LogP contribution in [0.15, 0.2) is 18.2 Å². The average molecular weight is 312 g/mol. The Labute approximate surface area is 124 Å². The van der Waals surface area contributed by atoms with Crippen LogP contribution in [-0.2, 0) is 17.6 Å². The summed E-state index contributed by atoms with van der Waals surface area (Å²) in [7, 11) is 0. The molecule has 3 nitrogen and oxygen atoms in total. The van der Waals surface area contributed by atoms with Crippen molar-refractivity contribution in [3.05, 3.63) is 50.2 Å². The van der Waals surface area contributed by atoms with Gasteiger partial charge in [0.15, 0.2) is 0 Å². The van der Waals surface area contributed by atoms with Crippen LogP contribution in [0.25, 0.3) is 0 Å². The number of hydrogen-bond donors (Lipinski definition) is 1. The molecule has 104 valence electrons. The number of carbonyl (C=O) groups is 1. The molecule has 1 aliphatic rings. The molecular formula is C14H11ClFNO2S. The van der Waals surface area contributed by atoms with Gasteiger partial charge in [-0.15, -0.1) is 11.3 Å². The van der Waals surface area contributed by atoms with Gasteiger partial charge in [-0.25, -0.2) is 9.37 Å². The fourth-order valence-electron chi connectivity index (χ4n) is 2.44. The van der Waals surface area contributed by atoms with Gasteiger partial charge in [0.25, 0.3) is 0 Å². The van der Waals surface area contributed by atoms with Crippen molar-refractivity contribution in [3.63, 3.8) is 0 Å². The lowest BCUT2D eigenvalue weighted by molar-refractivity contribution is -0.138. The zero-order valence-corrected chi connectivity index (χ0v) is 12.0. The van der Waals surface area contributed by atoms with E-state index in [0.29, 0.717) is 24.1 Å². The van der Waals surface area contributed by atoms with E-state index in [9.17, 15) is 9.18 Å². The molecule has 3 rings (SSSR count). The highest BCUT2D eigenvalue weighted by Gasteiger charge is 2.32. The summed E-state index contributed by atoms with van der Waals surface area (Å²) in [5, 5.41) is 9.96. The molecule has 1 unspecified atom stereocenters. The Hall–Kier alpha value is -1.46. The zero-order chi connectivity index (χ0) is 14.3. The monoisotopic (exact) mass is 311 g/mol. The van der Waals surface area contributed by atoms with Crippen molar-refractivity contribution in [3.8, 4) is 0 Å². The smallest absolute Gasteiger partial charge is 0.312 e. The van der Waals surface area contributed by atoms with Gasteiger partial charge in [-0.1, -0.05) is 23.7 Å². The lowest BCUT2D eigenvalue weighted by Crippen LogP contribution is -2.08. The van der Waals surface area contributed by atoms with Gasteiger partial charge in [-0.3, -0.25) is 4.79 Å². The van der Waals surface area contributed by atoms with Crippen molar-refractivity contribution >= 4 is 28.9 Å². The van der Waals surface area contributed by atoms with Crippen molar-refractivity contribution < 1.29 is 14.3 Å². The number of fused-ring (bicyclic) bond motifs is 1. The first-order valence-corrected chi connectivity index (χ1v) is 7.40. The number of aryl methyl sites for hydroxylation is 1. The number of carboxylic acids is 1. The summed E-state index contributed by atoms with van der Waals surface area (Å²) in [6.07, 6.45) is 1.69. The Kier molecular flexibility index (Phi) is 3.48. The van der Waals surface area contributed by atoms with Crippen LogP contribution < -0.4 is 0 Å². The number of carboxylic acid groups (broad SMARTS) is 1. The number of hydrogen-bond acceptors (Lipinski definition) is 3. The lowest BCUT2D eigenvalue weighted by atomic mass is 10.1. The first-order chi connectivity index (χ1) is 9.56. The molecule has 0 bridgehead atoms. The number of aromatic nitrogens is 1. The summed E-state index contributed by atoms with van der Waals surface area (Å²) < 4.78 is 13.8. The molecule has 1 heterocycles. The maximum absolute atomic E-state index is 13.8. The van der Waals surface area contributed by atoms with Gasteiger partial charge in [0.05, 0.1) is 15.7 Å². The summed E-state index contributed by atoms with van der Waals surface area (Å²) in [4.78, 5) is 16.5. The first kappa shape index (κ1) is 13.5. The molecule has 0 aliphatic heterocycles. The third-order valence-electron chi connectivity index (χ3n) is 3.43. The Morgan fingerprint density at radius 2 is 2.35 bits per heavy atom. The van der Waals surface area contributed by atoms with E-state index >= 15 is 0 Å². The standard InChI is InChI=1S/C14H11ClFNO2S/c15-9-3-1-2-7(12(9)16)6-11-17-13-8(14(18)19)4-5-10(13)20-11/h1-3,8H,4-6H2,(H,18,19). The highest BCUT2D eigenvalue weighted by molar-refractivity contribution is 7.11. The van der Waals surface area contributed by atoms with E-state index in [-0.39, 0.29) is 5.02 Å². The third kappa shape index (κ3) is 2.31. The second kappa shape index (κ2) is 5.14. The van der Waals surface area contributed by atoms with Crippen molar-refractivity contribution in [2.24, 2.45) is 0 Å². The largest absolute Gasteiger partial charge is 0.481 e. The van der Waals surface area contributed by atoms with Crippen LogP contribution in [0, 0.1) is 5.82 Å². The predicted molar refractivity (Wildman–Crippen MR) is 75.0 cm³/mol. The van der Waals surface area contributed by atoms with E-state index in [1.54, 1.807) is 12.1 Å². The average Bonchev–Trinajstić information content (AvgIpc) is 2.94. The van der Waals surface area contributed by atoms with Gasteiger partial charge < -0.3 is 5.11 Å². The van der Waals surface area contributed by atoms with Crippen LogP contribution in [0.5, 0.6) is 0 Å². The number of aliphatic carboxylic acids is 1. The van der Waals surface area contributed by atoms with Crippen LogP contribution >= 0.6 is 22.9 Å². The number of nitrogens with zero attached hydrogens (tertiary/aromatic N) is 1. The normalized spacial score (nSPS) is 17.2. The van der Waals surface area contributed by atoms with Crippen LogP contribution in [0.4, 0.5) is 4.39 Å². The van der Waals surface area contributed by atoms with Gasteiger partial charge in [0.2, 0.25) is 0 Å². The number of benzene rings is 1. The molecule has 0 spiro atoms. The van der Waals surface area contributed by atoms with Gasteiger partial charge in [0, 0.05) is 11.3 Å². The molecule has 20 heavy (non-hydrogen) atoms. The Bertz CT molecular complexity index is 686. The summed E-state index contributed by atoms with van der Waals surface area (Å²) in [5.41, 5.74) is 1.14. The third-order valence-corrected chi connectivity index (χ3v) is 4.86. The quantitative estimate of drug-likeness (QED) is 0.941. The van der Waals surface area contributed by atoms with Crippen LogP contribution in [0.1, 0.15) is 33.5 Å². The second-order valence-electron chi connectivity index (χ2n) is 4.74. The van der Waals surface area contributed by atoms with Gasteiger partial charge >= 0.3 is 5.97 Å². The molecule has 0 saturated heterocycles. The molecule has 0 radical (unpaired) electrons. The SMILES string of the molecule is O=C(O)C1CCc2sc(Cc3cccc(Cl)c3F)nc21. The van der Waals surface area contributed by atoms with E-state index in [1.165, 1.54) is 17.4 Å². The summed E-state index contributed by atoms with van der Waals surface area (Å²) in [5.74, 6) is -1.78. The molecular weight excluding hydrogens is 301 g/mol. The van der Waals surface area contributed by atoms with Crippen molar-refractivity contribution in [2.75, 3.05) is 0 Å². The van der Waals surface area contributed by atoms with Crippen molar-refractivity contribution in [2.45, 2.75) is 25.2 Å². The minimum absolute atomic E-state index is 0.0926. The van der Waals surface area contributed by atoms with Gasteiger partial charge in [-0.05, 0) is 24.5 Å². The molecule has 0 saturated carbocycles. The highest BCUT2D eigenvalue weighted by atomic mass is 35.5.